The van der Waals surface area contributed by atoms with Crippen LogP contribution >= 0.6 is 0 Å². The molecule has 1 fully saturated rings. The van der Waals surface area contributed by atoms with Crippen LogP contribution in [0, 0.1) is 11.3 Å². The van der Waals surface area contributed by atoms with E-state index in [0.29, 0.717) is 13.1 Å². The van der Waals surface area contributed by atoms with E-state index in [0.717, 1.165) is 12.8 Å². The molecule has 6 nitrogen and oxygen atoms in total. The Labute approximate surface area is 82.6 Å². The molecule has 0 aromatic carbocycles. The second-order valence-electron chi connectivity index (χ2n) is 3.34. The highest BCUT2D eigenvalue weighted by atomic mass is 16.6. The molecule has 0 aliphatic carbocycles. The van der Waals surface area contributed by atoms with Gasteiger partial charge in [0.1, 0.15) is 0 Å². The van der Waals surface area contributed by atoms with Crippen LogP contribution in [0.5, 0.6) is 0 Å². The number of hydrogen-bond donors (Lipinski definition) is 3. The first-order chi connectivity index (χ1) is 6.69. The maximum atomic E-state index is 11.2. The maximum absolute atomic E-state index is 11.2. The molecule has 14 heavy (non-hydrogen) atoms. The zero-order chi connectivity index (χ0) is 10.6. The van der Waals surface area contributed by atoms with Gasteiger partial charge in [-0.05, 0) is 12.8 Å². The molecule has 1 amide bonds. The van der Waals surface area contributed by atoms with Crippen LogP contribution in [0.1, 0.15) is 12.8 Å². The number of amides is 1. The van der Waals surface area contributed by atoms with Crippen LogP contribution in [-0.2, 0) is 9.63 Å². The van der Waals surface area contributed by atoms with Gasteiger partial charge in [-0.25, -0.2) is 0 Å². The highest BCUT2D eigenvalue weighted by Crippen LogP contribution is 2.17. The van der Waals surface area contributed by atoms with Crippen molar-refractivity contribution in [2.45, 2.75) is 12.8 Å². The van der Waals surface area contributed by atoms with E-state index in [4.69, 9.17) is 17.0 Å². The lowest BCUT2D eigenvalue weighted by atomic mass is 9.97. The Hall–Kier alpha value is -1.14. The number of piperidine rings is 1. The minimum absolute atomic E-state index is 0.0383. The maximum Gasteiger partial charge on any atom is 0.236 e. The van der Waals surface area contributed by atoms with E-state index < -0.39 is 0 Å². The molecule has 0 radical (unpaired) electrons. The number of nitrogens with zero attached hydrogens (tertiary/aromatic N) is 1. The number of hydrogen-bond acceptors (Lipinski definition) is 5. The van der Waals surface area contributed by atoms with E-state index >= 15 is 0 Å². The first-order valence-electron chi connectivity index (χ1n) is 4.62. The van der Waals surface area contributed by atoms with Gasteiger partial charge >= 0.3 is 0 Å². The first-order valence-corrected chi connectivity index (χ1v) is 4.62. The minimum Gasteiger partial charge on any atom is -0.396 e. The Morgan fingerprint density at radius 3 is 2.50 bits per heavy atom. The van der Waals surface area contributed by atoms with Gasteiger partial charge in [0, 0.05) is 19.0 Å². The summed E-state index contributed by atoms with van der Waals surface area (Å²) in [5.74, 6) is 5.01. The molecule has 0 bridgehead atoms. The molecule has 1 aliphatic heterocycles. The molecule has 0 aromatic heterocycles. The lowest BCUT2D eigenvalue weighted by molar-refractivity contribution is -0.130. The number of carbonyl (C=O) groups is 1. The van der Waals surface area contributed by atoms with Gasteiger partial charge < -0.3 is 15.5 Å². The van der Waals surface area contributed by atoms with E-state index in [-0.39, 0.29) is 24.3 Å². The van der Waals surface area contributed by atoms with Crippen molar-refractivity contribution in [3.05, 3.63) is 0 Å². The molecule has 6 heteroatoms. The molecular weight excluding hydrogens is 184 g/mol. The van der Waals surface area contributed by atoms with E-state index in [1.165, 1.54) is 0 Å². The van der Waals surface area contributed by atoms with Crippen molar-refractivity contribution < 1.29 is 9.63 Å². The number of carbonyl (C=O) groups excluding carboxylic acids is 1. The minimum atomic E-state index is -0.0383. The third kappa shape index (κ3) is 2.43. The second-order valence-corrected chi connectivity index (χ2v) is 3.34. The summed E-state index contributed by atoms with van der Waals surface area (Å²) >= 11 is 0. The Bertz CT molecular complexity index is 199. The fourth-order valence-electron chi connectivity index (χ4n) is 1.62. The zero-order valence-electron chi connectivity index (χ0n) is 8.03. The summed E-state index contributed by atoms with van der Waals surface area (Å²) in [6, 6.07) is 0. The molecule has 80 valence electrons. The summed E-state index contributed by atoms with van der Waals surface area (Å²) < 4.78 is 0. The van der Waals surface area contributed by atoms with Crippen LogP contribution in [0.4, 0.5) is 0 Å². The van der Waals surface area contributed by atoms with Gasteiger partial charge in [0.2, 0.25) is 11.8 Å². The van der Waals surface area contributed by atoms with Gasteiger partial charge in [-0.15, -0.1) is 0 Å². The molecule has 5 N–H and O–H groups in total. The van der Waals surface area contributed by atoms with Crippen molar-refractivity contribution in [3.63, 3.8) is 0 Å². The summed E-state index contributed by atoms with van der Waals surface area (Å²) in [5, 5.41) is 7.37. The number of nitrogens with one attached hydrogen (secondary N) is 1. The molecule has 0 unspecified atom stereocenters. The largest absolute Gasteiger partial charge is 0.396 e. The average Bonchev–Trinajstić information content (AvgIpc) is 2.27. The van der Waals surface area contributed by atoms with Gasteiger partial charge in [-0.2, -0.15) is 5.90 Å². The van der Waals surface area contributed by atoms with Crippen LogP contribution in [0.3, 0.4) is 0 Å². The third-order valence-electron chi connectivity index (χ3n) is 2.52. The third-order valence-corrected chi connectivity index (χ3v) is 2.52. The molecule has 1 saturated heterocycles. The lowest BCUT2D eigenvalue weighted by Gasteiger charge is -2.31. The van der Waals surface area contributed by atoms with E-state index in [2.05, 4.69) is 4.84 Å². The van der Waals surface area contributed by atoms with Crippen molar-refractivity contribution in [3.8, 4) is 0 Å². The highest BCUT2D eigenvalue weighted by molar-refractivity contribution is 5.79. The molecule has 0 saturated carbocycles. The Balaban J connectivity index is 2.38. The van der Waals surface area contributed by atoms with E-state index in [9.17, 15) is 4.79 Å². The van der Waals surface area contributed by atoms with Gasteiger partial charge in [0.25, 0.3) is 0 Å². The summed E-state index contributed by atoms with van der Waals surface area (Å²) in [7, 11) is 0. The summed E-state index contributed by atoms with van der Waals surface area (Å²) in [6.07, 6.45) is 1.45. The topological polar surface area (TPSA) is 105 Å². The quantitative estimate of drug-likeness (QED) is 0.303. The van der Waals surface area contributed by atoms with Crippen LogP contribution < -0.4 is 11.6 Å². The fourth-order valence-corrected chi connectivity index (χ4v) is 1.62. The molecule has 0 spiro atoms. The summed E-state index contributed by atoms with van der Waals surface area (Å²) in [6.45, 7) is 1.31. The van der Waals surface area contributed by atoms with Crippen molar-refractivity contribution >= 4 is 11.8 Å². The molecular formula is C8H16N4O2. The van der Waals surface area contributed by atoms with Crippen LogP contribution in [-0.4, -0.2) is 36.3 Å². The fraction of sp³-hybridized carbons (Fsp3) is 0.750. The predicted molar refractivity (Wildman–Crippen MR) is 51.4 cm³/mol. The Morgan fingerprint density at radius 2 is 2.07 bits per heavy atom. The zero-order valence-corrected chi connectivity index (χ0v) is 8.03. The SMILES string of the molecule is N=C(ON)C1CCN(C(=O)CN)CC1. The van der Waals surface area contributed by atoms with Gasteiger partial charge in [-0.1, -0.05) is 0 Å². The standard InChI is InChI=1S/C8H16N4O2/c9-5-7(13)12-3-1-6(2-4-12)8(10)14-11/h6,10H,1-5,9,11H2. The van der Waals surface area contributed by atoms with Crippen molar-refractivity contribution in [1.82, 2.24) is 4.90 Å². The normalized spacial score (nSPS) is 18.0. The second kappa shape index (κ2) is 4.92. The predicted octanol–water partition coefficient (Wildman–Crippen LogP) is -0.949. The number of rotatable bonds is 2. The van der Waals surface area contributed by atoms with Gasteiger partial charge in [0.15, 0.2) is 0 Å². The average molecular weight is 200 g/mol. The lowest BCUT2D eigenvalue weighted by Crippen LogP contribution is -2.43. The summed E-state index contributed by atoms with van der Waals surface area (Å²) in [4.78, 5) is 17.3. The van der Waals surface area contributed by atoms with Crippen molar-refractivity contribution in [2.24, 2.45) is 17.5 Å². The van der Waals surface area contributed by atoms with Crippen LogP contribution in [0.25, 0.3) is 0 Å². The van der Waals surface area contributed by atoms with Gasteiger partial charge in [0.05, 0.1) is 6.54 Å². The smallest absolute Gasteiger partial charge is 0.236 e. The monoisotopic (exact) mass is 200 g/mol. The Morgan fingerprint density at radius 1 is 1.50 bits per heavy atom. The Kier molecular flexibility index (Phi) is 3.84. The molecule has 0 atom stereocenters. The van der Waals surface area contributed by atoms with Crippen LogP contribution in [0.15, 0.2) is 0 Å². The molecule has 1 rings (SSSR count). The van der Waals surface area contributed by atoms with Crippen LogP contribution in [0.2, 0.25) is 0 Å². The molecule has 0 aromatic rings. The molecule has 1 aliphatic rings. The van der Waals surface area contributed by atoms with Crippen molar-refractivity contribution in [2.75, 3.05) is 19.6 Å². The van der Waals surface area contributed by atoms with Crippen molar-refractivity contribution in [1.29, 1.82) is 5.41 Å². The van der Waals surface area contributed by atoms with Gasteiger partial charge in [-0.3, -0.25) is 10.2 Å². The highest BCUT2D eigenvalue weighted by Gasteiger charge is 2.25. The van der Waals surface area contributed by atoms with E-state index in [1.807, 2.05) is 0 Å². The number of likely N-dealkylation sites (tertiary alicyclic amines) is 1. The molecule has 1 heterocycles. The summed E-state index contributed by atoms with van der Waals surface area (Å²) in [5.41, 5.74) is 5.25. The van der Waals surface area contributed by atoms with E-state index in [1.54, 1.807) is 4.90 Å². The number of nitrogens with two attached hydrogens (primary N) is 2. The first kappa shape index (κ1) is 10.9.